The van der Waals surface area contributed by atoms with Crippen LogP contribution in [-0.2, 0) is 9.59 Å². The van der Waals surface area contributed by atoms with E-state index in [1.165, 1.54) is 25.3 Å². The molecule has 8 nitrogen and oxygen atoms in total. The van der Waals surface area contributed by atoms with Gasteiger partial charge in [-0.2, -0.15) is 0 Å². The second kappa shape index (κ2) is 11.0. The van der Waals surface area contributed by atoms with Gasteiger partial charge in [-0.25, -0.2) is 0 Å². The highest BCUT2D eigenvalue weighted by atomic mass is 35.5. The highest BCUT2D eigenvalue weighted by Crippen LogP contribution is 2.24. The van der Waals surface area contributed by atoms with Crippen LogP contribution in [0.4, 0.5) is 5.69 Å². The van der Waals surface area contributed by atoms with E-state index in [1.807, 2.05) is 0 Å². The Labute approximate surface area is 178 Å². The number of carboxylic acid groups (broad SMARTS) is 1. The van der Waals surface area contributed by atoms with Crippen molar-refractivity contribution in [2.75, 3.05) is 19.0 Å². The summed E-state index contributed by atoms with van der Waals surface area (Å²) in [4.78, 5) is 46.9. The lowest BCUT2D eigenvalue weighted by atomic mass is 10.1. The molecule has 30 heavy (non-hydrogen) atoms. The van der Waals surface area contributed by atoms with Gasteiger partial charge in [0.05, 0.1) is 19.1 Å². The van der Waals surface area contributed by atoms with E-state index in [1.54, 1.807) is 24.3 Å². The zero-order chi connectivity index (χ0) is 22.1. The van der Waals surface area contributed by atoms with Gasteiger partial charge in [-0.05, 0) is 42.5 Å². The van der Waals surface area contributed by atoms with Gasteiger partial charge in [0.25, 0.3) is 5.91 Å². The van der Waals surface area contributed by atoms with E-state index in [-0.39, 0.29) is 37.5 Å². The molecule has 3 N–H and O–H groups in total. The molecule has 0 aliphatic rings. The molecule has 0 saturated heterocycles. The maximum atomic E-state index is 12.4. The largest absolute Gasteiger partial charge is 0.496 e. The first kappa shape index (κ1) is 22.9. The van der Waals surface area contributed by atoms with Crippen LogP contribution in [0.3, 0.4) is 0 Å². The fourth-order valence-corrected chi connectivity index (χ4v) is 2.75. The summed E-state index contributed by atoms with van der Waals surface area (Å²) in [7, 11) is 1.45. The SMILES string of the molecule is COc1ccc(Cl)cc1C(=O)CCC(=O)Nc1ccc(C(=O)NCCC(=O)O)cc1. The summed E-state index contributed by atoms with van der Waals surface area (Å²) in [6.45, 7) is 0.0259. The van der Waals surface area contributed by atoms with Crippen LogP contribution in [0.15, 0.2) is 42.5 Å². The molecule has 0 aliphatic heterocycles. The molecule has 0 heterocycles. The van der Waals surface area contributed by atoms with E-state index < -0.39 is 11.9 Å². The third-order valence-corrected chi connectivity index (χ3v) is 4.33. The summed E-state index contributed by atoms with van der Waals surface area (Å²) < 4.78 is 5.15. The molecule has 2 aromatic carbocycles. The topological polar surface area (TPSA) is 122 Å². The maximum Gasteiger partial charge on any atom is 0.305 e. The normalized spacial score (nSPS) is 10.2. The number of amides is 2. The Hall–Kier alpha value is -3.39. The minimum Gasteiger partial charge on any atom is -0.496 e. The average molecular weight is 433 g/mol. The number of ketones is 1. The van der Waals surface area contributed by atoms with Gasteiger partial charge in [0.15, 0.2) is 5.78 Å². The van der Waals surface area contributed by atoms with E-state index in [0.29, 0.717) is 27.6 Å². The van der Waals surface area contributed by atoms with Crippen LogP contribution in [0.1, 0.15) is 40.0 Å². The molecule has 9 heteroatoms. The molecule has 2 rings (SSSR count). The fraction of sp³-hybridized carbons (Fsp3) is 0.238. The molecular formula is C21H21ClN2O6. The Kier molecular flexibility index (Phi) is 8.37. The quantitative estimate of drug-likeness (QED) is 0.496. The molecule has 2 amide bonds. The number of nitrogens with one attached hydrogen (secondary N) is 2. The predicted molar refractivity (Wildman–Crippen MR) is 111 cm³/mol. The number of benzene rings is 2. The van der Waals surface area contributed by atoms with Crippen molar-refractivity contribution in [3.05, 3.63) is 58.6 Å². The number of hydrogen-bond donors (Lipinski definition) is 3. The van der Waals surface area contributed by atoms with Crippen molar-refractivity contribution in [1.29, 1.82) is 0 Å². The summed E-state index contributed by atoms with van der Waals surface area (Å²) in [6.07, 6.45) is -0.224. The molecule has 0 aromatic heterocycles. The number of rotatable bonds is 10. The third-order valence-electron chi connectivity index (χ3n) is 4.10. The van der Waals surface area contributed by atoms with Gasteiger partial charge >= 0.3 is 5.97 Å². The van der Waals surface area contributed by atoms with Crippen LogP contribution in [0.25, 0.3) is 0 Å². The Morgan fingerprint density at radius 1 is 1.00 bits per heavy atom. The van der Waals surface area contributed by atoms with E-state index in [2.05, 4.69) is 10.6 Å². The Morgan fingerprint density at radius 2 is 1.70 bits per heavy atom. The number of carbonyl (C=O) groups excluding carboxylic acids is 3. The van der Waals surface area contributed by atoms with Gasteiger partial charge in [-0.3, -0.25) is 19.2 Å². The molecular weight excluding hydrogens is 412 g/mol. The number of carbonyl (C=O) groups is 4. The molecule has 2 aromatic rings. The Balaban J connectivity index is 1.86. The van der Waals surface area contributed by atoms with Gasteiger partial charge in [-0.15, -0.1) is 0 Å². The molecule has 0 saturated carbocycles. The van der Waals surface area contributed by atoms with Crippen LogP contribution in [0.2, 0.25) is 5.02 Å². The van der Waals surface area contributed by atoms with Crippen molar-refractivity contribution in [2.24, 2.45) is 0 Å². The third kappa shape index (κ3) is 6.89. The number of ether oxygens (including phenoxy) is 1. The van der Waals surface area contributed by atoms with E-state index in [0.717, 1.165) is 0 Å². The molecule has 0 unspecified atom stereocenters. The van der Waals surface area contributed by atoms with Crippen molar-refractivity contribution in [2.45, 2.75) is 19.3 Å². The highest BCUT2D eigenvalue weighted by Gasteiger charge is 2.15. The Bertz CT molecular complexity index is 943. The lowest BCUT2D eigenvalue weighted by molar-refractivity contribution is -0.136. The van der Waals surface area contributed by atoms with Crippen molar-refractivity contribution < 1.29 is 29.0 Å². The average Bonchev–Trinajstić information content (AvgIpc) is 2.72. The van der Waals surface area contributed by atoms with E-state index in [9.17, 15) is 19.2 Å². The van der Waals surface area contributed by atoms with Crippen LogP contribution >= 0.6 is 11.6 Å². The fourth-order valence-electron chi connectivity index (χ4n) is 2.57. The number of Topliss-reactive ketones (excluding diaryl/α,β-unsaturated/α-hetero) is 1. The number of hydrogen-bond acceptors (Lipinski definition) is 5. The van der Waals surface area contributed by atoms with E-state index in [4.69, 9.17) is 21.4 Å². The smallest absolute Gasteiger partial charge is 0.305 e. The second-order valence-electron chi connectivity index (χ2n) is 6.29. The molecule has 0 bridgehead atoms. The maximum absolute atomic E-state index is 12.4. The zero-order valence-corrected chi connectivity index (χ0v) is 17.0. The lowest BCUT2D eigenvalue weighted by Gasteiger charge is -2.09. The minimum atomic E-state index is -0.999. The number of halogens is 1. The summed E-state index contributed by atoms with van der Waals surface area (Å²) in [5.74, 6) is -1.64. The molecule has 158 valence electrons. The molecule has 0 fully saturated rings. The summed E-state index contributed by atoms with van der Waals surface area (Å²) in [5, 5.41) is 14.1. The molecule has 0 atom stereocenters. The van der Waals surface area contributed by atoms with Crippen LogP contribution in [-0.4, -0.2) is 42.3 Å². The number of methoxy groups -OCH3 is 1. The van der Waals surface area contributed by atoms with Crippen LogP contribution in [0.5, 0.6) is 5.75 Å². The first-order valence-corrected chi connectivity index (χ1v) is 9.44. The molecule has 0 spiro atoms. The van der Waals surface area contributed by atoms with Crippen molar-refractivity contribution in [3.8, 4) is 5.75 Å². The first-order chi connectivity index (χ1) is 14.3. The van der Waals surface area contributed by atoms with Gasteiger partial charge in [0.1, 0.15) is 5.75 Å². The highest BCUT2D eigenvalue weighted by molar-refractivity contribution is 6.31. The monoisotopic (exact) mass is 432 g/mol. The second-order valence-corrected chi connectivity index (χ2v) is 6.73. The number of carboxylic acids is 1. The zero-order valence-electron chi connectivity index (χ0n) is 16.2. The van der Waals surface area contributed by atoms with Crippen molar-refractivity contribution >= 4 is 40.9 Å². The standard InChI is InChI=1S/C21H21ClN2O6/c1-30-18-8-4-14(22)12-16(18)17(25)7-9-19(26)24-15-5-2-13(3-6-15)21(29)23-11-10-20(27)28/h2-6,8,12H,7,9-11H2,1H3,(H,23,29)(H,24,26)(H,27,28). The molecule has 0 radical (unpaired) electrons. The van der Waals surface area contributed by atoms with Crippen LogP contribution in [0, 0.1) is 0 Å². The van der Waals surface area contributed by atoms with Crippen LogP contribution < -0.4 is 15.4 Å². The van der Waals surface area contributed by atoms with Gasteiger partial charge < -0.3 is 20.5 Å². The van der Waals surface area contributed by atoms with Crippen molar-refractivity contribution in [1.82, 2.24) is 5.32 Å². The van der Waals surface area contributed by atoms with E-state index >= 15 is 0 Å². The molecule has 0 aliphatic carbocycles. The summed E-state index contributed by atoms with van der Waals surface area (Å²) in [6, 6.07) is 10.8. The minimum absolute atomic E-state index is 0.0212. The van der Waals surface area contributed by atoms with Gasteiger partial charge in [0.2, 0.25) is 5.91 Å². The van der Waals surface area contributed by atoms with Crippen molar-refractivity contribution in [3.63, 3.8) is 0 Å². The number of aliphatic carboxylic acids is 1. The predicted octanol–water partition coefficient (Wildman–Crippen LogP) is 3.15. The first-order valence-electron chi connectivity index (χ1n) is 9.07. The summed E-state index contributed by atoms with van der Waals surface area (Å²) >= 11 is 5.92. The summed E-state index contributed by atoms with van der Waals surface area (Å²) in [5.41, 5.74) is 1.12. The number of anilines is 1. The van der Waals surface area contributed by atoms with Gasteiger partial charge in [-0.1, -0.05) is 11.6 Å². The van der Waals surface area contributed by atoms with Gasteiger partial charge in [0, 0.05) is 35.7 Å². The lowest BCUT2D eigenvalue weighted by Crippen LogP contribution is -2.25. The Morgan fingerprint density at radius 3 is 2.33 bits per heavy atom.